The zero-order chi connectivity index (χ0) is 21.6. The summed E-state index contributed by atoms with van der Waals surface area (Å²) in [5.74, 6) is 0.437. The fraction of sp³-hybridized carbons (Fsp3) is 0.0833. The highest BCUT2D eigenvalue weighted by Gasteiger charge is 2.22. The Morgan fingerprint density at radius 2 is 1.61 bits per heavy atom. The van der Waals surface area contributed by atoms with Crippen molar-refractivity contribution in [2.75, 3.05) is 6.61 Å². The summed E-state index contributed by atoms with van der Waals surface area (Å²) in [6.45, 7) is 1.67. The number of nitrogens with zero attached hydrogens (tertiary/aromatic N) is 2. The number of hydrogen-bond donors (Lipinski definition) is 0. The predicted molar refractivity (Wildman–Crippen MR) is 121 cm³/mol. The summed E-state index contributed by atoms with van der Waals surface area (Å²) in [6.07, 6.45) is 0. The number of aryl methyl sites for hydroxylation is 1. The Balaban J connectivity index is 1.62. The molecule has 0 N–H and O–H groups in total. The number of carbonyl (C=O) groups is 1. The van der Waals surface area contributed by atoms with Gasteiger partial charge in [0.05, 0.1) is 16.3 Å². The number of para-hydroxylation sites is 2. The second-order valence-electron chi connectivity index (χ2n) is 6.60. The standard InChI is InChI=1S/C24H19ClN2O3S/c1-17-23(31-21-14-12-18(25)13-15-21)24(27(26-17)19-8-4-2-5-9-19)30-22(28)16-29-20-10-6-3-7-11-20/h2-15H,16H2,1H3. The minimum Gasteiger partial charge on any atom is -0.482 e. The lowest BCUT2D eigenvalue weighted by Crippen LogP contribution is -2.19. The van der Waals surface area contributed by atoms with E-state index in [4.69, 9.17) is 21.1 Å². The third kappa shape index (κ3) is 5.29. The Bertz CT molecular complexity index is 1160. The van der Waals surface area contributed by atoms with Crippen LogP contribution in [0.1, 0.15) is 5.69 Å². The first-order valence-electron chi connectivity index (χ1n) is 9.57. The minimum absolute atomic E-state index is 0.214. The van der Waals surface area contributed by atoms with Gasteiger partial charge in [-0.05, 0) is 55.5 Å². The monoisotopic (exact) mass is 450 g/mol. The van der Waals surface area contributed by atoms with Crippen LogP contribution in [0.2, 0.25) is 5.02 Å². The van der Waals surface area contributed by atoms with Crippen molar-refractivity contribution in [3.63, 3.8) is 0 Å². The molecule has 0 amide bonds. The van der Waals surface area contributed by atoms with Gasteiger partial charge >= 0.3 is 5.97 Å². The van der Waals surface area contributed by atoms with Crippen LogP contribution < -0.4 is 9.47 Å². The molecular formula is C24H19ClN2O3S. The maximum Gasteiger partial charge on any atom is 0.350 e. The van der Waals surface area contributed by atoms with Crippen LogP contribution in [0.25, 0.3) is 5.69 Å². The first kappa shape index (κ1) is 21.0. The van der Waals surface area contributed by atoms with E-state index >= 15 is 0 Å². The summed E-state index contributed by atoms with van der Waals surface area (Å²) >= 11 is 7.47. The fourth-order valence-electron chi connectivity index (χ4n) is 2.86. The highest BCUT2D eigenvalue weighted by Crippen LogP contribution is 2.39. The van der Waals surface area contributed by atoms with Crippen LogP contribution in [0.5, 0.6) is 11.6 Å². The molecule has 5 nitrogen and oxygen atoms in total. The lowest BCUT2D eigenvalue weighted by atomic mass is 10.3. The van der Waals surface area contributed by atoms with Crippen molar-refractivity contribution >= 4 is 29.3 Å². The van der Waals surface area contributed by atoms with Gasteiger partial charge in [0, 0.05) is 9.92 Å². The fourth-order valence-corrected chi connectivity index (χ4v) is 3.90. The van der Waals surface area contributed by atoms with Gasteiger partial charge in [-0.2, -0.15) is 9.78 Å². The van der Waals surface area contributed by atoms with Crippen molar-refractivity contribution in [3.8, 4) is 17.3 Å². The summed E-state index contributed by atoms with van der Waals surface area (Å²) in [5.41, 5.74) is 1.54. The summed E-state index contributed by atoms with van der Waals surface area (Å²) in [4.78, 5) is 14.3. The molecule has 0 aliphatic heterocycles. The van der Waals surface area contributed by atoms with Crippen LogP contribution in [0.15, 0.2) is 94.7 Å². The number of hydrogen-bond acceptors (Lipinski definition) is 5. The summed E-state index contributed by atoms with van der Waals surface area (Å²) in [5, 5.41) is 5.28. The lowest BCUT2D eigenvalue weighted by Gasteiger charge is -2.11. The highest BCUT2D eigenvalue weighted by molar-refractivity contribution is 7.99. The van der Waals surface area contributed by atoms with E-state index in [9.17, 15) is 4.79 Å². The Hall–Kier alpha value is -3.22. The van der Waals surface area contributed by atoms with Gasteiger partial charge in [-0.15, -0.1) is 0 Å². The summed E-state index contributed by atoms with van der Waals surface area (Å²) in [7, 11) is 0. The topological polar surface area (TPSA) is 53.4 Å². The molecule has 0 atom stereocenters. The number of rotatable bonds is 7. The molecule has 0 saturated carbocycles. The lowest BCUT2D eigenvalue weighted by molar-refractivity contribution is -0.137. The van der Waals surface area contributed by atoms with Gasteiger partial charge in [-0.1, -0.05) is 59.8 Å². The molecule has 0 saturated heterocycles. The number of aromatic nitrogens is 2. The zero-order valence-corrected chi connectivity index (χ0v) is 18.3. The Labute approximate surface area is 189 Å². The van der Waals surface area contributed by atoms with E-state index in [0.29, 0.717) is 16.7 Å². The van der Waals surface area contributed by atoms with Crippen LogP contribution in [-0.2, 0) is 4.79 Å². The van der Waals surface area contributed by atoms with Gasteiger partial charge in [0.1, 0.15) is 5.75 Å². The van der Waals surface area contributed by atoms with E-state index in [2.05, 4.69) is 5.10 Å². The number of esters is 1. The minimum atomic E-state index is -0.515. The average Bonchev–Trinajstić information content (AvgIpc) is 3.10. The number of halogens is 1. The van der Waals surface area contributed by atoms with E-state index in [1.165, 1.54) is 11.8 Å². The molecule has 0 aliphatic rings. The number of ether oxygens (including phenoxy) is 2. The molecule has 3 aromatic carbocycles. The predicted octanol–water partition coefficient (Wildman–Crippen LogP) is 5.97. The maximum atomic E-state index is 12.6. The van der Waals surface area contributed by atoms with Crippen molar-refractivity contribution in [2.45, 2.75) is 16.7 Å². The van der Waals surface area contributed by atoms with Gasteiger partial charge < -0.3 is 9.47 Å². The van der Waals surface area contributed by atoms with Crippen LogP contribution >= 0.6 is 23.4 Å². The van der Waals surface area contributed by atoms with E-state index in [0.717, 1.165) is 21.2 Å². The van der Waals surface area contributed by atoms with Gasteiger partial charge in [0.2, 0.25) is 5.88 Å². The quantitative estimate of drug-likeness (QED) is 0.325. The first-order valence-corrected chi connectivity index (χ1v) is 10.8. The molecule has 31 heavy (non-hydrogen) atoms. The number of benzene rings is 3. The SMILES string of the molecule is Cc1nn(-c2ccccc2)c(OC(=O)COc2ccccc2)c1Sc1ccc(Cl)cc1. The van der Waals surface area contributed by atoms with Crippen molar-refractivity contribution in [3.05, 3.63) is 95.6 Å². The third-order valence-corrected chi connectivity index (χ3v) is 5.74. The molecule has 4 rings (SSSR count). The molecule has 4 aromatic rings. The van der Waals surface area contributed by atoms with Crippen LogP contribution in [0.3, 0.4) is 0 Å². The van der Waals surface area contributed by atoms with Gasteiger partial charge in [0.15, 0.2) is 6.61 Å². The molecule has 7 heteroatoms. The van der Waals surface area contributed by atoms with Gasteiger partial charge in [-0.3, -0.25) is 0 Å². The number of carbonyl (C=O) groups excluding carboxylic acids is 1. The molecule has 0 aliphatic carbocycles. The molecule has 0 spiro atoms. The van der Waals surface area contributed by atoms with Gasteiger partial charge in [0.25, 0.3) is 0 Å². The van der Waals surface area contributed by atoms with Crippen molar-refractivity contribution in [2.24, 2.45) is 0 Å². The van der Waals surface area contributed by atoms with E-state index in [-0.39, 0.29) is 6.61 Å². The smallest absolute Gasteiger partial charge is 0.350 e. The van der Waals surface area contributed by atoms with Crippen molar-refractivity contribution in [1.29, 1.82) is 0 Å². The third-order valence-electron chi connectivity index (χ3n) is 4.31. The normalized spacial score (nSPS) is 10.6. The van der Waals surface area contributed by atoms with Crippen LogP contribution in [0.4, 0.5) is 0 Å². The van der Waals surface area contributed by atoms with Gasteiger partial charge in [-0.25, -0.2) is 4.79 Å². The van der Waals surface area contributed by atoms with Crippen molar-refractivity contribution < 1.29 is 14.3 Å². The van der Waals surface area contributed by atoms with Crippen LogP contribution in [0, 0.1) is 6.92 Å². The highest BCUT2D eigenvalue weighted by atomic mass is 35.5. The maximum absolute atomic E-state index is 12.6. The largest absolute Gasteiger partial charge is 0.482 e. The first-order chi connectivity index (χ1) is 15.1. The Morgan fingerprint density at radius 1 is 0.968 bits per heavy atom. The molecular weight excluding hydrogens is 432 g/mol. The van der Waals surface area contributed by atoms with Crippen molar-refractivity contribution in [1.82, 2.24) is 9.78 Å². The van der Waals surface area contributed by atoms with E-state index in [1.807, 2.05) is 79.7 Å². The Kier molecular flexibility index (Phi) is 6.60. The molecule has 0 radical (unpaired) electrons. The molecule has 156 valence electrons. The second-order valence-corrected chi connectivity index (χ2v) is 8.12. The van der Waals surface area contributed by atoms with Crippen LogP contribution in [-0.4, -0.2) is 22.4 Å². The molecule has 1 heterocycles. The summed E-state index contributed by atoms with van der Waals surface area (Å²) in [6, 6.07) is 26.1. The van der Waals surface area contributed by atoms with E-state index < -0.39 is 5.97 Å². The molecule has 0 bridgehead atoms. The molecule has 0 fully saturated rings. The molecule has 1 aromatic heterocycles. The molecule has 0 unspecified atom stereocenters. The van der Waals surface area contributed by atoms with E-state index in [1.54, 1.807) is 16.8 Å². The summed E-state index contributed by atoms with van der Waals surface area (Å²) < 4.78 is 12.9. The zero-order valence-electron chi connectivity index (χ0n) is 16.7. The second kappa shape index (κ2) is 9.73. The average molecular weight is 451 g/mol. The Morgan fingerprint density at radius 3 is 2.29 bits per heavy atom.